The predicted molar refractivity (Wildman–Crippen MR) is 69.5 cm³/mol. The molecule has 0 radical (unpaired) electrons. The molecule has 108 valence electrons. The lowest BCUT2D eigenvalue weighted by atomic mass is 9.98. The fourth-order valence-electron chi connectivity index (χ4n) is 2.45. The van der Waals surface area contributed by atoms with Crippen LogP contribution < -0.4 is 5.32 Å². The lowest BCUT2D eigenvalue weighted by Gasteiger charge is -2.35. The van der Waals surface area contributed by atoms with Gasteiger partial charge in [0.2, 0.25) is 11.8 Å². The molecule has 1 aliphatic rings. The number of piperidine rings is 1. The van der Waals surface area contributed by atoms with Gasteiger partial charge < -0.3 is 15.3 Å². The van der Waals surface area contributed by atoms with E-state index in [2.05, 4.69) is 5.32 Å². The molecule has 19 heavy (non-hydrogen) atoms. The highest BCUT2D eigenvalue weighted by atomic mass is 16.4. The summed E-state index contributed by atoms with van der Waals surface area (Å²) in [6, 6.07) is -0.400. The second-order valence-electron chi connectivity index (χ2n) is 5.12. The molecule has 0 aromatic heterocycles. The summed E-state index contributed by atoms with van der Waals surface area (Å²) >= 11 is 0. The summed E-state index contributed by atoms with van der Waals surface area (Å²) < 4.78 is 0. The van der Waals surface area contributed by atoms with Crippen LogP contribution in [0.25, 0.3) is 0 Å². The topological polar surface area (TPSA) is 86.7 Å². The zero-order chi connectivity index (χ0) is 14.4. The van der Waals surface area contributed by atoms with Crippen LogP contribution >= 0.6 is 0 Å². The van der Waals surface area contributed by atoms with Crippen molar-refractivity contribution in [3.63, 3.8) is 0 Å². The van der Waals surface area contributed by atoms with Crippen LogP contribution in [0.15, 0.2) is 0 Å². The monoisotopic (exact) mass is 270 g/mol. The van der Waals surface area contributed by atoms with E-state index in [4.69, 9.17) is 5.11 Å². The molecule has 2 unspecified atom stereocenters. The van der Waals surface area contributed by atoms with E-state index < -0.39 is 12.0 Å². The zero-order valence-corrected chi connectivity index (χ0v) is 11.5. The molecule has 0 bridgehead atoms. The normalized spacial score (nSPS) is 20.7. The summed E-state index contributed by atoms with van der Waals surface area (Å²) in [6.45, 7) is 2.32. The number of hydrogen-bond donors (Lipinski definition) is 2. The van der Waals surface area contributed by atoms with Gasteiger partial charge >= 0.3 is 5.97 Å². The Balaban J connectivity index is 2.61. The first-order chi connectivity index (χ1) is 8.95. The molecular weight excluding hydrogens is 248 g/mol. The summed E-state index contributed by atoms with van der Waals surface area (Å²) in [5, 5.41) is 11.3. The number of nitrogens with one attached hydrogen (secondary N) is 1. The maximum Gasteiger partial charge on any atom is 0.303 e. The minimum Gasteiger partial charge on any atom is -0.481 e. The highest BCUT2D eigenvalue weighted by Gasteiger charge is 2.31. The van der Waals surface area contributed by atoms with Crippen molar-refractivity contribution in [3.8, 4) is 0 Å². The Kier molecular flexibility index (Phi) is 5.79. The third-order valence-electron chi connectivity index (χ3n) is 3.42. The van der Waals surface area contributed by atoms with E-state index in [9.17, 15) is 14.4 Å². The first-order valence-corrected chi connectivity index (χ1v) is 6.68. The molecule has 6 heteroatoms. The second kappa shape index (κ2) is 7.11. The molecule has 0 aromatic rings. The molecule has 1 saturated heterocycles. The molecule has 6 nitrogen and oxygen atoms in total. The largest absolute Gasteiger partial charge is 0.481 e. The Morgan fingerprint density at radius 1 is 1.32 bits per heavy atom. The van der Waals surface area contributed by atoms with Crippen LogP contribution in [-0.2, 0) is 14.4 Å². The maximum atomic E-state index is 12.2. The van der Waals surface area contributed by atoms with Crippen LogP contribution in [0.3, 0.4) is 0 Å². The number of carbonyl (C=O) groups is 3. The summed E-state index contributed by atoms with van der Waals surface area (Å²) in [4.78, 5) is 36.1. The van der Waals surface area contributed by atoms with E-state index in [1.807, 2.05) is 0 Å². The molecule has 1 rings (SSSR count). The Hall–Kier alpha value is -1.59. The van der Waals surface area contributed by atoms with Crippen molar-refractivity contribution in [2.75, 3.05) is 13.6 Å². The average Bonchev–Trinajstić information content (AvgIpc) is 2.36. The summed E-state index contributed by atoms with van der Waals surface area (Å²) in [5.74, 6) is -1.37. The van der Waals surface area contributed by atoms with Gasteiger partial charge in [-0.05, 0) is 25.2 Å². The van der Waals surface area contributed by atoms with Crippen LogP contribution in [0.5, 0.6) is 0 Å². The number of carbonyl (C=O) groups excluding carboxylic acids is 2. The van der Waals surface area contributed by atoms with Gasteiger partial charge in [-0.2, -0.15) is 0 Å². The van der Waals surface area contributed by atoms with Gasteiger partial charge in [0.15, 0.2) is 0 Å². The molecule has 1 aliphatic heterocycles. The van der Waals surface area contributed by atoms with Crippen LogP contribution in [-0.4, -0.2) is 47.4 Å². The van der Waals surface area contributed by atoms with Gasteiger partial charge in [-0.15, -0.1) is 0 Å². The van der Waals surface area contributed by atoms with Crippen LogP contribution in [0, 0.1) is 5.92 Å². The molecule has 1 fully saturated rings. The van der Waals surface area contributed by atoms with Crippen molar-refractivity contribution >= 4 is 17.8 Å². The number of amides is 2. The van der Waals surface area contributed by atoms with Crippen molar-refractivity contribution in [2.24, 2.45) is 5.92 Å². The average molecular weight is 270 g/mol. The zero-order valence-electron chi connectivity index (χ0n) is 11.5. The van der Waals surface area contributed by atoms with E-state index >= 15 is 0 Å². The highest BCUT2D eigenvalue weighted by Crippen LogP contribution is 2.20. The number of carboxylic acid groups (broad SMARTS) is 1. The van der Waals surface area contributed by atoms with Crippen LogP contribution in [0.1, 0.15) is 39.0 Å². The second-order valence-corrected chi connectivity index (χ2v) is 5.12. The molecule has 2 N–H and O–H groups in total. The van der Waals surface area contributed by atoms with Gasteiger partial charge in [0.1, 0.15) is 6.04 Å². The van der Waals surface area contributed by atoms with Gasteiger partial charge in [-0.3, -0.25) is 14.4 Å². The number of hydrogen-bond acceptors (Lipinski definition) is 3. The van der Waals surface area contributed by atoms with Gasteiger partial charge in [-0.1, -0.05) is 6.92 Å². The van der Waals surface area contributed by atoms with Gasteiger partial charge in [0.25, 0.3) is 0 Å². The molecule has 2 atom stereocenters. The minimum absolute atomic E-state index is 0.0236. The van der Waals surface area contributed by atoms with Gasteiger partial charge in [0, 0.05) is 26.4 Å². The fourth-order valence-corrected chi connectivity index (χ4v) is 2.45. The van der Waals surface area contributed by atoms with Crippen molar-refractivity contribution in [1.29, 1.82) is 0 Å². The molecule has 0 spiro atoms. The van der Waals surface area contributed by atoms with E-state index in [1.165, 1.54) is 0 Å². The minimum atomic E-state index is -0.901. The first kappa shape index (κ1) is 15.5. The Bertz CT molecular complexity index is 357. The molecule has 1 heterocycles. The number of likely N-dealkylation sites (N-methyl/N-ethyl adjacent to an activating group) is 1. The number of rotatable bonds is 5. The summed E-state index contributed by atoms with van der Waals surface area (Å²) in [5.41, 5.74) is 0. The lowest BCUT2D eigenvalue weighted by molar-refractivity contribution is -0.143. The smallest absolute Gasteiger partial charge is 0.303 e. The molecule has 0 aliphatic carbocycles. The van der Waals surface area contributed by atoms with Gasteiger partial charge in [0.05, 0.1) is 0 Å². The van der Waals surface area contributed by atoms with E-state index in [1.54, 1.807) is 18.9 Å². The van der Waals surface area contributed by atoms with E-state index in [0.29, 0.717) is 13.0 Å². The quantitative estimate of drug-likeness (QED) is 0.766. The van der Waals surface area contributed by atoms with E-state index in [0.717, 1.165) is 12.8 Å². The molecule has 0 aromatic carbocycles. The molecule has 2 amide bonds. The van der Waals surface area contributed by atoms with E-state index in [-0.39, 0.29) is 30.6 Å². The molecular formula is C13H22N2O4. The predicted octanol–water partition coefficient (Wildman–Crippen LogP) is 0.614. The SMILES string of the molecule is CNC(=O)C1CCCCN1C(=O)CC(C)CC(=O)O. The van der Waals surface area contributed by atoms with Crippen molar-refractivity contribution in [2.45, 2.75) is 45.1 Å². The van der Waals surface area contributed by atoms with Crippen LogP contribution in [0.2, 0.25) is 0 Å². The van der Waals surface area contributed by atoms with Crippen molar-refractivity contribution < 1.29 is 19.5 Å². The van der Waals surface area contributed by atoms with Gasteiger partial charge in [-0.25, -0.2) is 0 Å². The number of nitrogens with zero attached hydrogens (tertiary/aromatic N) is 1. The Morgan fingerprint density at radius 3 is 2.58 bits per heavy atom. The third kappa shape index (κ3) is 4.54. The third-order valence-corrected chi connectivity index (χ3v) is 3.42. The summed E-state index contributed by atoms with van der Waals surface area (Å²) in [7, 11) is 1.56. The Morgan fingerprint density at radius 2 is 2.00 bits per heavy atom. The fraction of sp³-hybridized carbons (Fsp3) is 0.769. The lowest BCUT2D eigenvalue weighted by Crippen LogP contribution is -2.51. The number of carboxylic acids is 1. The van der Waals surface area contributed by atoms with Crippen LogP contribution in [0.4, 0.5) is 0 Å². The van der Waals surface area contributed by atoms with Crippen molar-refractivity contribution in [3.05, 3.63) is 0 Å². The standard InChI is InChI=1S/C13H22N2O4/c1-9(8-12(17)18)7-11(16)15-6-4-3-5-10(15)13(19)14-2/h9-10H,3-8H2,1-2H3,(H,14,19)(H,17,18). The first-order valence-electron chi connectivity index (χ1n) is 6.68. The Labute approximate surface area is 113 Å². The molecule has 0 saturated carbocycles. The van der Waals surface area contributed by atoms with Crippen molar-refractivity contribution in [1.82, 2.24) is 10.2 Å². The number of likely N-dealkylation sites (tertiary alicyclic amines) is 1. The maximum absolute atomic E-state index is 12.2. The highest BCUT2D eigenvalue weighted by molar-refractivity contribution is 5.87. The summed E-state index contributed by atoms with van der Waals surface area (Å²) in [6.07, 6.45) is 2.67. The number of aliphatic carboxylic acids is 1.